The van der Waals surface area contributed by atoms with Gasteiger partial charge >= 0.3 is 0 Å². The predicted octanol–water partition coefficient (Wildman–Crippen LogP) is 4.42. The Balaban J connectivity index is 4.71. The molecule has 0 saturated carbocycles. The summed E-state index contributed by atoms with van der Waals surface area (Å²) in [5.41, 5.74) is 2.79. The van der Waals surface area contributed by atoms with E-state index in [9.17, 15) is 0 Å². The van der Waals surface area contributed by atoms with E-state index in [0.717, 1.165) is 12.8 Å². The van der Waals surface area contributed by atoms with Crippen molar-refractivity contribution in [3.8, 4) is 0 Å². The Morgan fingerprint density at radius 3 is 2.00 bits per heavy atom. The van der Waals surface area contributed by atoms with E-state index >= 15 is 0 Å². The molecule has 72 valence electrons. The molecular formula is C13H20. The molecule has 0 aromatic heterocycles. The Bertz CT molecular complexity index is 226. The van der Waals surface area contributed by atoms with Crippen LogP contribution in [0.15, 0.2) is 48.1 Å². The van der Waals surface area contributed by atoms with E-state index in [0.29, 0.717) is 0 Å². The van der Waals surface area contributed by atoms with Crippen LogP contribution in [0.2, 0.25) is 0 Å². The zero-order chi connectivity index (χ0) is 10.1. The highest BCUT2D eigenvalue weighted by Gasteiger charge is 1.97. The van der Waals surface area contributed by atoms with Gasteiger partial charge in [-0.2, -0.15) is 0 Å². The maximum atomic E-state index is 3.72. The van der Waals surface area contributed by atoms with Crippen LogP contribution in [0.25, 0.3) is 0 Å². The molecule has 0 spiro atoms. The molecule has 0 radical (unpaired) electrons. The van der Waals surface area contributed by atoms with Gasteiger partial charge in [0.05, 0.1) is 0 Å². The quantitative estimate of drug-likeness (QED) is 0.544. The summed E-state index contributed by atoms with van der Waals surface area (Å²) in [4.78, 5) is 0. The van der Waals surface area contributed by atoms with Crippen LogP contribution in [0, 0.1) is 0 Å². The highest BCUT2D eigenvalue weighted by molar-refractivity contribution is 5.35. The van der Waals surface area contributed by atoms with Gasteiger partial charge in [-0.3, -0.25) is 0 Å². The first-order chi connectivity index (χ1) is 6.29. The topological polar surface area (TPSA) is 0 Å². The molecule has 0 amide bonds. The van der Waals surface area contributed by atoms with Crippen molar-refractivity contribution < 1.29 is 0 Å². The zero-order valence-electron chi connectivity index (χ0n) is 9.01. The summed E-state index contributed by atoms with van der Waals surface area (Å²) in [6, 6.07) is 0. The first-order valence-electron chi connectivity index (χ1n) is 4.93. The van der Waals surface area contributed by atoms with Gasteiger partial charge in [-0.05, 0) is 30.9 Å². The number of rotatable bonds is 5. The van der Waals surface area contributed by atoms with E-state index < -0.39 is 0 Å². The summed E-state index contributed by atoms with van der Waals surface area (Å²) in [5, 5.41) is 0. The summed E-state index contributed by atoms with van der Waals surface area (Å²) < 4.78 is 0. The van der Waals surface area contributed by atoms with Crippen molar-refractivity contribution in [3.63, 3.8) is 0 Å². The van der Waals surface area contributed by atoms with Gasteiger partial charge in [-0.15, -0.1) is 0 Å². The number of hydrogen-bond donors (Lipinski definition) is 0. The SMILES string of the molecule is C=C\C=C(CC)/C(=C\C=C/C)CC. The van der Waals surface area contributed by atoms with E-state index in [4.69, 9.17) is 0 Å². The minimum atomic E-state index is 1.07. The van der Waals surface area contributed by atoms with Gasteiger partial charge in [0.25, 0.3) is 0 Å². The first kappa shape index (κ1) is 12.0. The molecule has 0 aliphatic heterocycles. The van der Waals surface area contributed by atoms with Gasteiger partial charge < -0.3 is 0 Å². The molecule has 0 aromatic carbocycles. The van der Waals surface area contributed by atoms with Crippen LogP contribution in [0.5, 0.6) is 0 Å². The molecule has 0 aliphatic carbocycles. The third kappa shape index (κ3) is 4.51. The van der Waals surface area contributed by atoms with Gasteiger partial charge in [-0.25, -0.2) is 0 Å². The Labute approximate surface area is 82.4 Å². The van der Waals surface area contributed by atoms with Crippen LogP contribution >= 0.6 is 0 Å². The fourth-order valence-electron chi connectivity index (χ4n) is 1.26. The summed E-state index contributed by atoms with van der Waals surface area (Å²) in [5.74, 6) is 0. The first-order valence-corrected chi connectivity index (χ1v) is 4.93. The molecule has 0 aromatic rings. The number of allylic oxidation sites excluding steroid dienone is 7. The largest absolute Gasteiger partial charge is 0.0991 e. The average Bonchev–Trinajstić information content (AvgIpc) is 2.17. The molecule has 0 atom stereocenters. The van der Waals surface area contributed by atoms with Crippen LogP contribution in [0.4, 0.5) is 0 Å². The van der Waals surface area contributed by atoms with Gasteiger partial charge in [0.2, 0.25) is 0 Å². The second-order valence-corrected chi connectivity index (χ2v) is 2.85. The van der Waals surface area contributed by atoms with Gasteiger partial charge in [0.15, 0.2) is 0 Å². The van der Waals surface area contributed by atoms with Crippen molar-refractivity contribution in [2.24, 2.45) is 0 Å². The molecule has 0 heteroatoms. The molecule has 0 aliphatic rings. The van der Waals surface area contributed by atoms with Gasteiger partial charge in [-0.1, -0.05) is 50.8 Å². The summed E-state index contributed by atoms with van der Waals surface area (Å²) in [6.07, 6.45) is 12.4. The zero-order valence-corrected chi connectivity index (χ0v) is 9.01. The molecular weight excluding hydrogens is 156 g/mol. The smallest absolute Gasteiger partial charge is 0.0305 e. The molecule has 0 N–H and O–H groups in total. The fourth-order valence-corrected chi connectivity index (χ4v) is 1.26. The summed E-state index contributed by atoms with van der Waals surface area (Å²) in [6.45, 7) is 10.1. The predicted molar refractivity (Wildman–Crippen MR) is 61.8 cm³/mol. The van der Waals surface area contributed by atoms with E-state index in [2.05, 4.69) is 44.7 Å². The molecule has 0 heterocycles. The van der Waals surface area contributed by atoms with Gasteiger partial charge in [0.1, 0.15) is 0 Å². The Hall–Kier alpha value is -1.04. The molecule has 0 fully saturated rings. The molecule has 0 nitrogen and oxygen atoms in total. The van der Waals surface area contributed by atoms with Crippen molar-refractivity contribution in [1.29, 1.82) is 0 Å². The molecule has 0 saturated heterocycles. The molecule has 0 unspecified atom stereocenters. The number of hydrogen-bond acceptors (Lipinski definition) is 0. The van der Waals surface area contributed by atoms with Crippen LogP contribution in [-0.4, -0.2) is 0 Å². The minimum absolute atomic E-state index is 1.07. The minimum Gasteiger partial charge on any atom is -0.0991 e. The van der Waals surface area contributed by atoms with Crippen molar-refractivity contribution in [2.75, 3.05) is 0 Å². The second-order valence-electron chi connectivity index (χ2n) is 2.85. The average molecular weight is 176 g/mol. The van der Waals surface area contributed by atoms with E-state index in [1.807, 2.05) is 13.0 Å². The fraction of sp³-hybridized carbons (Fsp3) is 0.385. The highest BCUT2D eigenvalue weighted by Crippen LogP contribution is 2.17. The lowest BCUT2D eigenvalue weighted by atomic mass is 10.0. The highest BCUT2D eigenvalue weighted by atomic mass is 14.0. The van der Waals surface area contributed by atoms with E-state index in [-0.39, 0.29) is 0 Å². The van der Waals surface area contributed by atoms with Crippen LogP contribution in [0.1, 0.15) is 33.6 Å². The lowest BCUT2D eigenvalue weighted by Gasteiger charge is -2.06. The Kier molecular flexibility index (Phi) is 6.99. The molecule has 13 heavy (non-hydrogen) atoms. The normalized spacial score (nSPS) is 13.8. The monoisotopic (exact) mass is 176 g/mol. The lowest BCUT2D eigenvalue weighted by Crippen LogP contribution is -1.86. The lowest BCUT2D eigenvalue weighted by molar-refractivity contribution is 1.02. The van der Waals surface area contributed by atoms with Gasteiger partial charge in [0, 0.05) is 0 Å². The van der Waals surface area contributed by atoms with Crippen LogP contribution < -0.4 is 0 Å². The Morgan fingerprint density at radius 1 is 1.08 bits per heavy atom. The van der Waals surface area contributed by atoms with Crippen molar-refractivity contribution in [3.05, 3.63) is 48.1 Å². The summed E-state index contributed by atoms with van der Waals surface area (Å²) in [7, 11) is 0. The Morgan fingerprint density at radius 2 is 1.62 bits per heavy atom. The maximum absolute atomic E-state index is 3.72. The molecule has 0 rings (SSSR count). The third-order valence-electron chi connectivity index (χ3n) is 1.98. The maximum Gasteiger partial charge on any atom is -0.0305 e. The van der Waals surface area contributed by atoms with Crippen molar-refractivity contribution >= 4 is 0 Å². The van der Waals surface area contributed by atoms with Crippen LogP contribution in [-0.2, 0) is 0 Å². The van der Waals surface area contributed by atoms with Crippen molar-refractivity contribution in [2.45, 2.75) is 33.6 Å². The standard InChI is InChI=1S/C13H20/c1-5-9-11-13(8-4)12(7-3)10-6-2/h5-6,9-11H,2,7-8H2,1,3-4H3/b9-5-,12-10-,13-11-. The van der Waals surface area contributed by atoms with E-state index in [1.165, 1.54) is 11.1 Å². The third-order valence-corrected chi connectivity index (χ3v) is 1.98. The second kappa shape index (κ2) is 7.60. The van der Waals surface area contributed by atoms with E-state index in [1.54, 1.807) is 0 Å². The van der Waals surface area contributed by atoms with Crippen LogP contribution in [0.3, 0.4) is 0 Å². The van der Waals surface area contributed by atoms with Crippen molar-refractivity contribution in [1.82, 2.24) is 0 Å². The summed E-state index contributed by atoms with van der Waals surface area (Å²) >= 11 is 0. The molecule has 0 bridgehead atoms.